The number of allylic oxidation sites excluding steroid dienone is 4. The highest BCUT2D eigenvalue weighted by Gasteiger charge is 2.80. The van der Waals surface area contributed by atoms with E-state index in [1.807, 2.05) is 55.5 Å². The molecule has 3 aromatic carbocycles. The molecule has 4 aliphatic carbocycles. The normalized spacial score (nSPS) is 23.9. The van der Waals surface area contributed by atoms with Gasteiger partial charge in [0.2, 0.25) is 17.7 Å². The quantitative estimate of drug-likeness (QED) is 0.0205. The van der Waals surface area contributed by atoms with E-state index in [1.165, 1.54) is 31.2 Å². The zero-order valence-corrected chi connectivity index (χ0v) is 68.2. The summed E-state index contributed by atoms with van der Waals surface area (Å²) in [4.78, 5) is 159. The molecule has 6 amide bonds. The van der Waals surface area contributed by atoms with Crippen molar-refractivity contribution in [2.75, 3.05) is 89.4 Å². The molecule has 6 aliphatic rings. The van der Waals surface area contributed by atoms with Gasteiger partial charge in [0.15, 0.2) is 40.7 Å². The molecular weight excluding hydrogens is 1540 g/mol. The van der Waals surface area contributed by atoms with Crippen LogP contribution >= 0.6 is 13.5 Å². The first-order chi connectivity index (χ1) is 55.5. The van der Waals surface area contributed by atoms with Crippen molar-refractivity contribution in [2.45, 2.75) is 199 Å². The van der Waals surface area contributed by atoms with Gasteiger partial charge in [0.1, 0.15) is 31.0 Å². The van der Waals surface area contributed by atoms with Crippen molar-refractivity contribution in [1.29, 1.82) is 0 Å². The summed E-state index contributed by atoms with van der Waals surface area (Å²) in [5, 5.41) is 31.8. The number of hydrogen-bond donors (Lipinski definition) is 7. The molecule has 31 heteroatoms. The zero-order chi connectivity index (χ0) is 83.7. The molecule has 0 aromatic heterocycles. The highest BCUT2D eigenvalue weighted by Crippen LogP contribution is 2.72. The van der Waals surface area contributed by atoms with Gasteiger partial charge in [-0.1, -0.05) is 94.5 Å². The number of amides is 6. The molecule has 1 unspecified atom stereocenters. The largest absolute Gasteiger partial charge is 0.481 e. The lowest BCUT2D eigenvalue weighted by atomic mass is 9.44. The van der Waals surface area contributed by atoms with Crippen LogP contribution in [0, 0.1) is 52.3 Å². The number of Topliss-reactive ketones (excluding diaryl/α,β-unsaturated/α-hetero) is 5. The van der Waals surface area contributed by atoms with Crippen LogP contribution in [0.25, 0.3) is 0 Å². The molecule has 0 bridgehead atoms. The number of carboxylic acids is 1. The Morgan fingerprint density at radius 1 is 0.718 bits per heavy atom. The number of nitrogens with two attached hydrogens (primary N) is 1. The second-order valence-electron chi connectivity index (χ2n) is 31.3. The summed E-state index contributed by atoms with van der Waals surface area (Å²) in [5.41, 5.74) is 2.36. The number of aliphatic hydroxyl groups excluding tert-OH is 1. The minimum atomic E-state index is -2.38. The molecule has 2 heterocycles. The molecule has 0 spiro atoms. The van der Waals surface area contributed by atoms with Crippen molar-refractivity contribution >= 4 is 95.4 Å². The summed E-state index contributed by atoms with van der Waals surface area (Å²) in [6, 6.07) is 19.4. The molecule has 3 aromatic rings. The average Bonchev–Trinajstić information content (AvgIpc) is 1.55. The Morgan fingerprint density at radius 3 is 2.06 bits per heavy atom. The van der Waals surface area contributed by atoms with Crippen LogP contribution in [0.3, 0.4) is 0 Å². The molecule has 2 aliphatic heterocycles. The third-order valence-corrected chi connectivity index (χ3v) is 23.0. The van der Waals surface area contributed by atoms with Crippen molar-refractivity contribution in [3.05, 3.63) is 119 Å². The van der Waals surface area contributed by atoms with Crippen LogP contribution in [0.5, 0.6) is 0 Å². The molecule has 28 nitrogen and oxygen atoms in total. The second kappa shape index (κ2) is 44.2. The van der Waals surface area contributed by atoms with Crippen LogP contribution in [-0.4, -0.2) is 202 Å². The van der Waals surface area contributed by atoms with E-state index in [-0.39, 0.29) is 173 Å². The van der Waals surface area contributed by atoms with Crippen LogP contribution in [0.15, 0.2) is 96.6 Å². The summed E-state index contributed by atoms with van der Waals surface area (Å²) < 4.78 is 80.5. The van der Waals surface area contributed by atoms with E-state index in [1.54, 1.807) is 37.8 Å². The SMILES string of the molecule is CCCC1O[C@@H]2C[C@H]3[C@@H]4C[C@H](F)C5=CC(=O)C=C[C@]5(C)[C@@]4(F)[C@@H](O)C[C@]3(C)[C@]2(C(=O)COCCC(=O)CNC(=O)OCc2ccc(NC(=O)[C@H](CCCNC(N)=O)CC(=O)[C@@H](NC(=O)[C@@H](CCC(=O)O)CC(=O)CCOCCOCCOCCOCCCC(=O)CCC(=O)N3Cc4ccccc4C#Cc4ccccc43)C(C)C)cc2)O1.S. The summed E-state index contributed by atoms with van der Waals surface area (Å²) in [7, 11) is 0. The van der Waals surface area contributed by atoms with E-state index in [0.29, 0.717) is 56.9 Å². The molecule has 8 N–H and O–H groups in total. The van der Waals surface area contributed by atoms with Crippen molar-refractivity contribution < 1.29 is 114 Å². The van der Waals surface area contributed by atoms with Gasteiger partial charge in [0.25, 0.3) is 0 Å². The Bertz CT molecular complexity index is 4150. The highest BCUT2D eigenvalue weighted by atomic mass is 32.1. The van der Waals surface area contributed by atoms with Gasteiger partial charge in [-0.15, -0.1) is 0 Å². The maximum absolute atomic E-state index is 17.9. The number of nitrogens with one attached hydrogen (secondary N) is 4. The first kappa shape index (κ1) is 93.5. The summed E-state index contributed by atoms with van der Waals surface area (Å²) >= 11 is 0. The van der Waals surface area contributed by atoms with Gasteiger partial charge in [0, 0.05) is 110 Å². The lowest BCUT2D eigenvalue weighted by molar-refractivity contribution is -0.235. The van der Waals surface area contributed by atoms with Crippen molar-refractivity contribution in [2.24, 2.45) is 46.2 Å². The maximum Gasteiger partial charge on any atom is 0.407 e. The number of aliphatic carboxylic acids is 1. The second-order valence-corrected chi connectivity index (χ2v) is 31.3. The van der Waals surface area contributed by atoms with E-state index >= 15 is 8.78 Å². The smallest absolute Gasteiger partial charge is 0.407 e. The topological polar surface area (TPSA) is 397 Å². The molecule has 117 heavy (non-hydrogen) atoms. The minimum Gasteiger partial charge on any atom is -0.481 e. The number of ether oxygens (including phenoxy) is 8. The van der Waals surface area contributed by atoms with Crippen molar-refractivity contribution in [1.82, 2.24) is 16.0 Å². The number of carbonyl (C=O) groups excluding carboxylic acids is 11. The molecule has 9 rings (SSSR count). The van der Waals surface area contributed by atoms with Gasteiger partial charge in [-0.3, -0.25) is 47.9 Å². The number of urea groups is 1. The van der Waals surface area contributed by atoms with Gasteiger partial charge in [-0.05, 0) is 129 Å². The summed E-state index contributed by atoms with van der Waals surface area (Å²) in [5.74, 6) is -3.04. The van der Waals surface area contributed by atoms with Gasteiger partial charge >= 0.3 is 18.1 Å². The fourth-order valence-electron chi connectivity index (χ4n) is 16.9. The average molecular weight is 1650 g/mol. The number of fused-ring (bicyclic) bond motifs is 9. The Hall–Kier alpha value is -8.97. The number of carboxylic acid groups (broad SMARTS) is 1. The maximum atomic E-state index is 17.9. The van der Waals surface area contributed by atoms with Crippen LogP contribution in [-0.2, 0) is 99.0 Å². The Balaban J connectivity index is 0.0000171. The molecular formula is C86H112F2N6O22S. The van der Waals surface area contributed by atoms with Crippen LogP contribution in [0.4, 0.5) is 29.7 Å². The van der Waals surface area contributed by atoms with Gasteiger partial charge in [-0.2, -0.15) is 13.5 Å². The van der Waals surface area contributed by atoms with Gasteiger partial charge in [0.05, 0.1) is 89.9 Å². The lowest BCUT2D eigenvalue weighted by Crippen LogP contribution is -2.71. The predicted molar refractivity (Wildman–Crippen MR) is 429 cm³/mol. The number of anilines is 2. The minimum absolute atomic E-state index is 0. The van der Waals surface area contributed by atoms with Crippen molar-refractivity contribution in [3.63, 3.8) is 0 Å². The molecule has 3 saturated carbocycles. The van der Waals surface area contributed by atoms with E-state index in [2.05, 4.69) is 33.1 Å². The molecule has 13 atom stereocenters. The van der Waals surface area contributed by atoms with E-state index < -0.39 is 155 Å². The third kappa shape index (κ3) is 24.2. The monoisotopic (exact) mass is 1650 g/mol. The highest BCUT2D eigenvalue weighted by molar-refractivity contribution is 7.59. The number of para-hydroxylation sites is 1. The lowest BCUT2D eigenvalue weighted by Gasteiger charge is -2.63. The number of hydrogen-bond acceptors (Lipinski definition) is 21. The zero-order valence-electron chi connectivity index (χ0n) is 67.2. The van der Waals surface area contributed by atoms with E-state index in [9.17, 15) is 67.7 Å². The first-order valence-electron chi connectivity index (χ1n) is 40.2. The summed E-state index contributed by atoms with van der Waals surface area (Å²) in [6.45, 7) is 9.31. The number of rotatable bonds is 48. The molecule has 4 fully saturated rings. The molecule has 0 radical (unpaired) electrons. The number of halogens is 2. The van der Waals surface area contributed by atoms with Gasteiger partial charge in [-0.25, -0.2) is 18.4 Å². The molecule has 1 saturated heterocycles. The fraction of sp³-hybridized carbons (Fsp3) is 0.581. The number of nitrogens with zero attached hydrogens (tertiary/aromatic N) is 1. The van der Waals surface area contributed by atoms with E-state index in [4.69, 9.17) is 43.6 Å². The Morgan fingerprint density at radius 2 is 1.37 bits per heavy atom. The number of alkyl carbamates (subject to hydrolysis) is 1. The van der Waals surface area contributed by atoms with Gasteiger partial charge < -0.3 is 80.0 Å². The summed E-state index contributed by atoms with van der Waals surface area (Å²) in [6.07, 6.45) is -1.97. The third-order valence-electron chi connectivity index (χ3n) is 23.0. The molecule has 638 valence electrons. The van der Waals surface area contributed by atoms with Crippen LogP contribution < -0.4 is 31.9 Å². The Labute approximate surface area is 687 Å². The van der Waals surface area contributed by atoms with Crippen LogP contribution in [0.1, 0.15) is 166 Å². The van der Waals surface area contributed by atoms with Crippen molar-refractivity contribution in [3.8, 4) is 11.8 Å². The first-order valence-corrected chi connectivity index (χ1v) is 40.2. The fourth-order valence-corrected chi connectivity index (χ4v) is 16.9. The number of benzene rings is 3. The predicted octanol–water partition coefficient (Wildman–Crippen LogP) is 8.86. The van der Waals surface area contributed by atoms with E-state index in [0.717, 1.165) is 28.5 Å². The standard InChI is InChI=1S/C86H110F2N6O22.H2S/c1-6-13-77-115-74-48-66-67-47-69(87)68-46-63(96)30-33-83(68,4)85(67,88)72(100)49-84(66,5)86(74,116-77)73(101)53-113-37-32-65(98)50-91-82(108)114-52-55-20-25-61(26-21-55)92-79(105)58(17-11-34-90-81(89)107)45-71(99)78(54(2)3)93-80(106)59(24-29-76(103)104)44-64(97)31-36-110-39-41-112-43-42-111-40-38-109-35-12-18-62(95)27-28-75(102)94-51-60-16-8-7-14-56(60)22-23-57-15-9-10-19-70(57)94;/h7-10,14-16,19-21,25-26,30,33,46,54,58-59,66-67,69,72,74,77-78,100H,6,11-13,17-18,24,27-29,31-32,34-45,47-53H2,1-5H3,(H,91,108)(H,92,105)(H,93,106)(H,103,104)(H3,89,90,107);1H2/t58-,59+,66+,67+,69+,72+,74-,77?,78+,83+,84+,85+,86-;/m1./s1. The number of ketones is 6. The Kier molecular flexibility index (Phi) is 35.3. The number of aliphatic hydroxyl groups is 1. The van der Waals surface area contributed by atoms with Crippen LogP contribution in [0.2, 0.25) is 0 Å². The number of carbonyl (C=O) groups is 12. The number of primary amides is 1. The number of alkyl halides is 2.